The number of thiophene rings is 1. The van der Waals surface area contributed by atoms with E-state index in [9.17, 15) is 4.79 Å². The highest BCUT2D eigenvalue weighted by Gasteiger charge is 2.33. The predicted octanol–water partition coefficient (Wildman–Crippen LogP) is 4.79. The quantitative estimate of drug-likeness (QED) is 0.552. The van der Waals surface area contributed by atoms with Gasteiger partial charge in [-0.2, -0.15) is 0 Å². The lowest BCUT2D eigenvalue weighted by Crippen LogP contribution is -2.48. The SMILES string of the molecule is CC(C)NCCC(=O)NC1c2scc(-c3nc4ccccc4s3)c2CCN1C(C)C. The summed E-state index contributed by atoms with van der Waals surface area (Å²) in [7, 11) is 0. The summed E-state index contributed by atoms with van der Waals surface area (Å²) in [6, 6.07) is 9.06. The molecule has 3 aromatic rings. The van der Waals surface area contributed by atoms with Gasteiger partial charge < -0.3 is 10.6 Å². The molecular weight excluding hydrogens is 412 g/mol. The molecule has 0 aliphatic carbocycles. The molecule has 1 unspecified atom stereocenters. The zero-order valence-electron chi connectivity index (χ0n) is 18.1. The third kappa shape index (κ3) is 4.44. The molecule has 4 rings (SSSR count). The monoisotopic (exact) mass is 442 g/mol. The van der Waals surface area contributed by atoms with Crippen molar-refractivity contribution in [2.24, 2.45) is 0 Å². The molecule has 0 saturated heterocycles. The number of nitrogens with one attached hydrogen (secondary N) is 2. The van der Waals surface area contributed by atoms with Gasteiger partial charge in [-0.15, -0.1) is 22.7 Å². The van der Waals surface area contributed by atoms with Gasteiger partial charge in [0, 0.05) is 47.4 Å². The van der Waals surface area contributed by atoms with Crippen molar-refractivity contribution in [3.8, 4) is 10.6 Å². The van der Waals surface area contributed by atoms with Gasteiger partial charge in [-0.05, 0) is 38.0 Å². The van der Waals surface area contributed by atoms with E-state index < -0.39 is 0 Å². The summed E-state index contributed by atoms with van der Waals surface area (Å²) in [4.78, 5) is 21.2. The van der Waals surface area contributed by atoms with E-state index in [1.807, 2.05) is 6.07 Å². The van der Waals surface area contributed by atoms with E-state index >= 15 is 0 Å². The normalized spacial score (nSPS) is 17.1. The molecule has 0 fully saturated rings. The van der Waals surface area contributed by atoms with E-state index in [0.29, 0.717) is 25.0 Å². The molecule has 3 heterocycles. The van der Waals surface area contributed by atoms with Crippen LogP contribution in [0.3, 0.4) is 0 Å². The van der Waals surface area contributed by atoms with Crippen LogP contribution in [0.2, 0.25) is 0 Å². The fraction of sp³-hybridized carbons (Fsp3) is 0.478. The van der Waals surface area contributed by atoms with Crippen LogP contribution >= 0.6 is 22.7 Å². The first kappa shape index (κ1) is 21.4. The minimum Gasteiger partial charge on any atom is -0.336 e. The molecule has 0 spiro atoms. The second-order valence-electron chi connectivity index (χ2n) is 8.39. The van der Waals surface area contributed by atoms with Crippen LogP contribution in [0.4, 0.5) is 0 Å². The summed E-state index contributed by atoms with van der Waals surface area (Å²) in [6.07, 6.45) is 1.42. The van der Waals surface area contributed by atoms with Crippen molar-refractivity contribution < 1.29 is 4.79 Å². The van der Waals surface area contributed by atoms with Gasteiger partial charge >= 0.3 is 0 Å². The molecule has 2 N–H and O–H groups in total. The Morgan fingerprint density at radius 1 is 1.27 bits per heavy atom. The van der Waals surface area contributed by atoms with E-state index in [-0.39, 0.29) is 12.1 Å². The molecule has 1 aliphatic rings. The van der Waals surface area contributed by atoms with E-state index in [2.05, 4.69) is 66.8 Å². The van der Waals surface area contributed by atoms with Gasteiger partial charge in [-0.25, -0.2) is 4.98 Å². The molecule has 5 nitrogen and oxygen atoms in total. The minimum absolute atomic E-state index is 0.0616. The largest absolute Gasteiger partial charge is 0.336 e. The summed E-state index contributed by atoms with van der Waals surface area (Å²) in [5.41, 5.74) is 3.64. The summed E-state index contributed by atoms with van der Waals surface area (Å²) in [5, 5.41) is 9.95. The number of hydrogen-bond acceptors (Lipinski definition) is 6. The van der Waals surface area contributed by atoms with Gasteiger partial charge in [0.15, 0.2) is 0 Å². The Hall–Kier alpha value is -1.80. The van der Waals surface area contributed by atoms with Gasteiger partial charge in [0.05, 0.1) is 10.2 Å². The number of para-hydroxylation sites is 1. The lowest BCUT2D eigenvalue weighted by Gasteiger charge is -2.39. The Kier molecular flexibility index (Phi) is 6.53. The number of thiazole rings is 1. The van der Waals surface area contributed by atoms with Gasteiger partial charge in [-0.1, -0.05) is 26.0 Å². The summed E-state index contributed by atoms with van der Waals surface area (Å²) >= 11 is 3.50. The first-order chi connectivity index (χ1) is 14.4. The molecule has 1 aromatic carbocycles. The standard InChI is InChI=1S/C23H30N4OS2/c1-14(2)24-11-9-20(28)26-22-21-16(10-12-27(22)15(3)4)17(13-29-21)23-25-18-7-5-6-8-19(18)30-23/h5-8,13-15,22,24H,9-12H2,1-4H3,(H,26,28). The Bertz CT molecular complexity index is 990. The molecule has 0 radical (unpaired) electrons. The minimum atomic E-state index is -0.0616. The van der Waals surface area contributed by atoms with E-state index in [0.717, 1.165) is 23.5 Å². The lowest BCUT2D eigenvalue weighted by molar-refractivity contribution is -0.123. The molecule has 1 aliphatic heterocycles. The molecule has 1 atom stereocenters. The maximum atomic E-state index is 12.7. The third-order valence-corrected chi connectivity index (χ3v) is 7.66. The number of amides is 1. The van der Waals surface area contributed by atoms with Crippen LogP contribution in [0.25, 0.3) is 20.8 Å². The van der Waals surface area contributed by atoms with E-state index in [1.165, 1.54) is 20.7 Å². The highest BCUT2D eigenvalue weighted by molar-refractivity contribution is 7.22. The third-order valence-electron chi connectivity index (χ3n) is 5.52. The summed E-state index contributed by atoms with van der Waals surface area (Å²) in [6.45, 7) is 10.2. The van der Waals surface area contributed by atoms with Crippen LogP contribution in [0.5, 0.6) is 0 Å². The van der Waals surface area contributed by atoms with E-state index in [1.54, 1.807) is 22.7 Å². The van der Waals surface area contributed by atoms with Crippen molar-refractivity contribution in [1.29, 1.82) is 0 Å². The van der Waals surface area contributed by atoms with Crippen molar-refractivity contribution in [3.63, 3.8) is 0 Å². The highest BCUT2D eigenvalue weighted by atomic mass is 32.1. The molecule has 0 bridgehead atoms. The van der Waals surface area contributed by atoms with Gasteiger partial charge in [0.2, 0.25) is 5.91 Å². The number of carbonyl (C=O) groups excluding carboxylic acids is 1. The maximum absolute atomic E-state index is 12.7. The first-order valence-corrected chi connectivity index (χ1v) is 12.4. The van der Waals surface area contributed by atoms with Crippen LogP contribution in [-0.2, 0) is 11.2 Å². The summed E-state index contributed by atoms with van der Waals surface area (Å²) < 4.78 is 1.22. The molecule has 2 aromatic heterocycles. The highest BCUT2D eigenvalue weighted by Crippen LogP contribution is 2.42. The molecular formula is C23H30N4OS2. The van der Waals surface area contributed by atoms with Crippen molar-refractivity contribution in [3.05, 3.63) is 40.1 Å². The van der Waals surface area contributed by atoms with Crippen LogP contribution in [0.15, 0.2) is 29.6 Å². The average Bonchev–Trinajstić information content (AvgIpc) is 3.31. The molecule has 160 valence electrons. The fourth-order valence-corrected chi connectivity index (χ4v) is 6.24. The Balaban J connectivity index is 1.60. The Labute approximate surface area is 186 Å². The number of benzene rings is 1. The molecule has 7 heteroatoms. The van der Waals surface area contributed by atoms with Gasteiger partial charge in [0.1, 0.15) is 11.2 Å². The van der Waals surface area contributed by atoms with Crippen LogP contribution in [0.1, 0.15) is 50.7 Å². The zero-order chi connectivity index (χ0) is 21.3. The second-order valence-corrected chi connectivity index (χ2v) is 10.3. The fourth-order valence-electron chi connectivity index (χ4n) is 3.98. The van der Waals surface area contributed by atoms with Crippen LogP contribution in [-0.4, -0.2) is 41.0 Å². The Morgan fingerprint density at radius 3 is 2.80 bits per heavy atom. The second kappa shape index (κ2) is 9.14. The average molecular weight is 443 g/mol. The molecule has 0 saturated carbocycles. The topological polar surface area (TPSA) is 57.3 Å². The predicted molar refractivity (Wildman–Crippen MR) is 127 cm³/mol. The number of aromatic nitrogens is 1. The van der Waals surface area contributed by atoms with Crippen LogP contribution in [0, 0.1) is 0 Å². The first-order valence-electron chi connectivity index (χ1n) is 10.7. The van der Waals surface area contributed by atoms with Crippen molar-refractivity contribution >= 4 is 38.8 Å². The zero-order valence-corrected chi connectivity index (χ0v) is 19.7. The maximum Gasteiger partial charge on any atom is 0.222 e. The van der Waals surface area contributed by atoms with Crippen molar-refractivity contribution in [1.82, 2.24) is 20.5 Å². The van der Waals surface area contributed by atoms with E-state index in [4.69, 9.17) is 4.98 Å². The lowest BCUT2D eigenvalue weighted by atomic mass is 10.00. The molecule has 1 amide bonds. The number of nitrogens with zero attached hydrogens (tertiary/aromatic N) is 2. The summed E-state index contributed by atoms with van der Waals surface area (Å²) in [5.74, 6) is 0.0987. The van der Waals surface area contributed by atoms with Crippen molar-refractivity contribution in [2.45, 2.75) is 58.8 Å². The van der Waals surface area contributed by atoms with Crippen molar-refractivity contribution in [2.75, 3.05) is 13.1 Å². The number of hydrogen-bond donors (Lipinski definition) is 2. The molecule has 30 heavy (non-hydrogen) atoms. The van der Waals surface area contributed by atoms with Gasteiger partial charge in [0.25, 0.3) is 0 Å². The van der Waals surface area contributed by atoms with Gasteiger partial charge in [-0.3, -0.25) is 9.69 Å². The Morgan fingerprint density at radius 2 is 2.07 bits per heavy atom. The number of fused-ring (bicyclic) bond motifs is 2. The number of carbonyl (C=O) groups is 1. The number of rotatable bonds is 7. The van der Waals surface area contributed by atoms with Crippen LogP contribution < -0.4 is 10.6 Å². The smallest absolute Gasteiger partial charge is 0.222 e.